The van der Waals surface area contributed by atoms with Crippen LogP contribution in [0.2, 0.25) is 0 Å². The number of rotatable bonds is 6. The van der Waals surface area contributed by atoms with Gasteiger partial charge in [-0.2, -0.15) is 5.26 Å². The molecule has 3 heterocycles. The first-order chi connectivity index (χ1) is 14.5. The third kappa shape index (κ3) is 3.83. The van der Waals surface area contributed by atoms with E-state index in [0.29, 0.717) is 18.2 Å². The number of ether oxygens (including phenoxy) is 1. The lowest BCUT2D eigenvalue weighted by molar-refractivity contribution is 0.204. The van der Waals surface area contributed by atoms with Gasteiger partial charge in [-0.3, -0.25) is 9.30 Å². The number of nitriles is 1. The van der Waals surface area contributed by atoms with Crippen LogP contribution in [0.1, 0.15) is 49.9 Å². The molecule has 0 radical (unpaired) electrons. The Labute approximate surface area is 177 Å². The van der Waals surface area contributed by atoms with Gasteiger partial charge >= 0.3 is 0 Å². The third-order valence-corrected chi connectivity index (χ3v) is 5.57. The van der Waals surface area contributed by atoms with Gasteiger partial charge in [0.25, 0.3) is 0 Å². The number of anilines is 1. The quantitative estimate of drug-likeness (QED) is 0.674. The summed E-state index contributed by atoms with van der Waals surface area (Å²) in [6.45, 7) is 10.8. The van der Waals surface area contributed by atoms with E-state index in [4.69, 9.17) is 4.74 Å². The van der Waals surface area contributed by atoms with Crippen LogP contribution < -0.4 is 10.1 Å². The van der Waals surface area contributed by atoms with Crippen LogP contribution in [0, 0.1) is 11.3 Å². The van der Waals surface area contributed by atoms with Gasteiger partial charge in [-0.15, -0.1) is 10.2 Å². The molecule has 2 aromatic heterocycles. The van der Waals surface area contributed by atoms with Crippen molar-refractivity contribution in [1.82, 2.24) is 19.5 Å². The summed E-state index contributed by atoms with van der Waals surface area (Å²) in [5, 5.41) is 22.0. The van der Waals surface area contributed by atoms with Crippen LogP contribution in [0.15, 0.2) is 30.6 Å². The Morgan fingerprint density at radius 1 is 1.17 bits per heavy atom. The van der Waals surface area contributed by atoms with E-state index < -0.39 is 0 Å². The molecule has 0 saturated heterocycles. The number of hydrogen-bond donors (Lipinski definition) is 1. The molecule has 1 aliphatic rings. The van der Waals surface area contributed by atoms with Gasteiger partial charge in [0, 0.05) is 31.2 Å². The summed E-state index contributed by atoms with van der Waals surface area (Å²) >= 11 is 0. The van der Waals surface area contributed by atoms with Gasteiger partial charge in [0.1, 0.15) is 24.0 Å². The van der Waals surface area contributed by atoms with Crippen molar-refractivity contribution >= 4 is 11.5 Å². The lowest BCUT2D eigenvalue weighted by Gasteiger charge is -2.33. The topological polar surface area (TPSA) is 78.5 Å². The van der Waals surface area contributed by atoms with Crippen LogP contribution >= 0.6 is 0 Å². The third-order valence-electron chi connectivity index (χ3n) is 5.57. The van der Waals surface area contributed by atoms with Crippen molar-refractivity contribution in [3.05, 3.63) is 52.8 Å². The molecule has 0 unspecified atom stereocenters. The molecular formula is C23H28N6O. The Bertz CT molecular complexity index is 1080. The first-order valence-electron chi connectivity index (χ1n) is 10.5. The first kappa shape index (κ1) is 20.2. The molecule has 7 heteroatoms. The predicted octanol–water partition coefficient (Wildman–Crippen LogP) is 3.77. The van der Waals surface area contributed by atoms with Crippen LogP contribution in [-0.4, -0.2) is 38.2 Å². The molecule has 0 aliphatic carbocycles. The highest BCUT2D eigenvalue weighted by atomic mass is 16.5. The molecule has 3 aromatic rings. The Kier molecular flexibility index (Phi) is 5.60. The number of nitrogens with one attached hydrogen (secondary N) is 1. The van der Waals surface area contributed by atoms with Crippen molar-refractivity contribution in [2.45, 2.75) is 59.4 Å². The number of fused-ring (bicyclic) bond motifs is 3. The van der Waals surface area contributed by atoms with Crippen molar-refractivity contribution in [3.63, 3.8) is 0 Å². The number of nitrogens with zero attached hydrogens (tertiary/aromatic N) is 5. The fourth-order valence-electron chi connectivity index (χ4n) is 4.01. The molecule has 0 atom stereocenters. The molecule has 1 aromatic carbocycles. The van der Waals surface area contributed by atoms with Crippen molar-refractivity contribution in [3.8, 4) is 11.8 Å². The zero-order valence-corrected chi connectivity index (χ0v) is 18.0. The molecule has 0 amide bonds. The number of hydrogen-bond acceptors (Lipinski definition) is 6. The number of pyridine rings is 1. The van der Waals surface area contributed by atoms with Crippen molar-refractivity contribution < 1.29 is 4.74 Å². The summed E-state index contributed by atoms with van der Waals surface area (Å²) in [6, 6.07) is 10.9. The largest absolute Gasteiger partial charge is 0.491 e. The summed E-state index contributed by atoms with van der Waals surface area (Å²) in [6.07, 6.45) is 2.68. The fraction of sp³-hybridized carbons (Fsp3) is 0.435. The van der Waals surface area contributed by atoms with Gasteiger partial charge in [-0.1, -0.05) is 12.1 Å². The molecule has 4 rings (SSSR count). The van der Waals surface area contributed by atoms with Gasteiger partial charge in [0.05, 0.1) is 11.7 Å². The summed E-state index contributed by atoms with van der Waals surface area (Å²) in [4.78, 5) is 2.41. The molecule has 30 heavy (non-hydrogen) atoms. The molecule has 0 saturated carbocycles. The number of aromatic nitrogens is 3. The molecule has 1 N–H and O–H groups in total. The van der Waals surface area contributed by atoms with Gasteiger partial charge in [-0.05, 0) is 57.4 Å². The molecule has 7 nitrogen and oxygen atoms in total. The van der Waals surface area contributed by atoms with E-state index in [-0.39, 0.29) is 6.10 Å². The zero-order valence-electron chi connectivity index (χ0n) is 18.0. The van der Waals surface area contributed by atoms with Gasteiger partial charge in [-0.25, -0.2) is 0 Å². The maximum atomic E-state index is 9.99. The maximum Gasteiger partial charge on any atom is 0.167 e. The minimum atomic E-state index is 0.149. The Balaban J connectivity index is 1.64. The van der Waals surface area contributed by atoms with Gasteiger partial charge < -0.3 is 10.1 Å². The predicted molar refractivity (Wildman–Crippen MR) is 116 cm³/mol. The Hall–Kier alpha value is -3.11. The van der Waals surface area contributed by atoms with Crippen molar-refractivity contribution in [2.24, 2.45) is 0 Å². The second-order valence-electron chi connectivity index (χ2n) is 8.30. The van der Waals surface area contributed by atoms with E-state index >= 15 is 0 Å². The molecule has 1 aliphatic heterocycles. The molecule has 0 fully saturated rings. The smallest absolute Gasteiger partial charge is 0.167 e. The van der Waals surface area contributed by atoms with E-state index in [1.165, 1.54) is 0 Å². The van der Waals surface area contributed by atoms with Gasteiger partial charge in [0.2, 0.25) is 0 Å². The molecular weight excluding hydrogens is 376 g/mol. The Morgan fingerprint density at radius 3 is 2.60 bits per heavy atom. The van der Waals surface area contributed by atoms with Crippen molar-refractivity contribution in [2.75, 3.05) is 11.9 Å². The standard InChI is InChI=1S/C23H28N6O/c1-15(2)28-10-9-19-20(11-24)22(29-14-26-27-23(29)21(19)13-28)25-12-17-5-7-18(8-6-17)30-16(3)4/h5-8,14-16,25H,9-10,12-13H2,1-4H3. The summed E-state index contributed by atoms with van der Waals surface area (Å²) < 4.78 is 7.63. The van der Waals surface area contributed by atoms with E-state index in [0.717, 1.165) is 53.4 Å². The Morgan fingerprint density at radius 2 is 1.93 bits per heavy atom. The molecule has 0 spiro atoms. The second-order valence-corrected chi connectivity index (χ2v) is 8.30. The van der Waals surface area contributed by atoms with Crippen LogP contribution in [-0.2, 0) is 19.5 Å². The van der Waals surface area contributed by atoms with Gasteiger partial charge in [0.15, 0.2) is 5.65 Å². The maximum absolute atomic E-state index is 9.99. The number of benzene rings is 1. The highest BCUT2D eigenvalue weighted by molar-refractivity contribution is 5.68. The highest BCUT2D eigenvalue weighted by Gasteiger charge is 2.27. The van der Waals surface area contributed by atoms with Crippen LogP contribution in [0.25, 0.3) is 5.65 Å². The minimum Gasteiger partial charge on any atom is -0.491 e. The van der Waals surface area contributed by atoms with Crippen molar-refractivity contribution in [1.29, 1.82) is 5.26 Å². The fourth-order valence-corrected chi connectivity index (χ4v) is 4.01. The van der Waals surface area contributed by atoms with E-state index in [2.05, 4.69) is 40.3 Å². The normalized spacial score (nSPS) is 14.2. The van der Waals surface area contributed by atoms with Crippen LogP contribution in [0.4, 0.5) is 5.82 Å². The van der Waals surface area contributed by atoms with Crippen LogP contribution in [0.3, 0.4) is 0 Å². The SMILES string of the molecule is CC(C)Oc1ccc(CNc2c(C#N)c3c(c4nncn24)CN(C(C)C)CC3)cc1. The lowest BCUT2D eigenvalue weighted by Crippen LogP contribution is -2.36. The summed E-state index contributed by atoms with van der Waals surface area (Å²) in [5.41, 5.74) is 4.85. The van der Waals surface area contributed by atoms with E-state index in [9.17, 15) is 5.26 Å². The monoisotopic (exact) mass is 404 g/mol. The average Bonchev–Trinajstić information content (AvgIpc) is 3.22. The molecule has 156 valence electrons. The first-order valence-corrected chi connectivity index (χ1v) is 10.5. The minimum absolute atomic E-state index is 0.149. The summed E-state index contributed by atoms with van der Waals surface area (Å²) in [5.74, 6) is 1.62. The van der Waals surface area contributed by atoms with Crippen LogP contribution in [0.5, 0.6) is 5.75 Å². The highest BCUT2D eigenvalue weighted by Crippen LogP contribution is 2.32. The van der Waals surface area contributed by atoms with E-state index in [1.807, 2.05) is 42.5 Å². The lowest BCUT2D eigenvalue weighted by atomic mass is 9.95. The molecule has 0 bridgehead atoms. The second kappa shape index (κ2) is 8.33. The van der Waals surface area contributed by atoms with E-state index in [1.54, 1.807) is 6.33 Å². The average molecular weight is 405 g/mol. The zero-order chi connectivity index (χ0) is 21.3. The summed E-state index contributed by atoms with van der Waals surface area (Å²) in [7, 11) is 0.